The van der Waals surface area contributed by atoms with Crippen molar-refractivity contribution in [3.63, 3.8) is 0 Å². The van der Waals surface area contributed by atoms with Crippen molar-refractivity contribution in [2.45, 2.75) is 108 Å². The number of rotatable bonds is 6. The summed E-state index contributed by atoms with van der Waals surface area (Å²) >= 11 is 0. The molecule has 4 heterocycles. The molecular formula is C38H50N6O8S. The maximum Gasteiger partial charge on any atom is 0.410 e. The van der Waals surface area contributed by atoms with E-state index >= 15 is 0 Å². The van der Waals surface area contributed by atoms with Crippen LogP contribution < -0.4 is 15.4 Å². The van der Waals surface area contributed by atoms with Gasteiger partial charge in [0.15, 0.2) is 0 Å². The molecule has 2 saturated carbocycles. The molecule has 4 fully saturated rings. The highest BCUT2D eigenvalue weighted by Crippen LogP contribution is 2.45. The lowest BCUT2D eigenvalue weighted by molar-refractivity contribution is -0.142. The van der Waals surface area contributed by atoms with E-state index in [2.05, 4.69) is 34.1 Å². The van der Waals surface area contributed by atoms with Gasteiger partial charge in [0.1, 0.15) is 23.7 Å². The predicted octanol–water partition coefficient (Wildman–Crippen LogP) is 3.03. The summed E-state index contributed by atoms with van der Waals surface area (Å²) in [5.74, 6) is -2.28. The Bertz CT molecular complexity index is 1850. The highest BCUT2D eigenvalue weighted by Gasteiger charge is 2.62. The van der Waals surface area contributed by atoms with Crippen molar-refractivity contribution in [3.8, 4) is 0 Å². The third-order valence-electron chi connectivity index (χ3n) is 11.6. The summed E-state index contributed by atoms with van der Waals surface area (Å²) in [6, 6.07) is 3.40. The molecule has 1 unspecified atom stereocenters. The van der Waals surface area contributed by atoms with E-state index < -0.39 is 74.1 Å². The van der Waals surface area contributed by atoms with Gasteiger partial charge >= 0.3 is 12.1 Å². The van der Waals surface area contributed by atoms with Crippen molar-refractivity contribution in [1.82, 2.24) is 30.1 Å². The summed E-state index contributed by atoms with van der Waals surface area (Å²) in [4.78, 5) is 74.3. The van der Waals surface area contributed by atoms with Gasteiger partial charge in [0.2, 0.25) is 21.8 Å². The van der Waals surface area contributed by atoms with E-state index in [9.17, 15) is 32.4 Å². The van der Waals surface area contributed by atoms with Crippen LogP contribution in [0.5, 0.6) is 0 Å². The lowest BCUT2D eigenvalue weighted by atomic mass is 9.85. The Morgan fingerprint density at radius 1 is 1.06 bits per heavy atom. The third-order valence-corrected chi connectivity index (χ3v) is 13.5. The van der Waals surface area contributed by atoms with Crippen LogP contribution in [0.3, 0.4) is 0 Å². The molecule has 3 N–H and O–H groups in total. The van der Waals surface area contributed by atoms with Crippen LogP contribution in [0.4, 0.5) is 9.59 Å². The number of carbonyl (C=O) groups excluding carboxylic acids is 5. The first-order valence-electron chi connectivity index (χ1n) is 18.7. The Morgan fingerprint density at radius 3 is 2.53 bits per heavy atom. The predicted molar refractivity (Wildman–Crippen MR) is 195 cm³/mol. The molecule has 286 valence electrons. The van der Waals surface area contributed by atoms with Gasteiger partial charge in [-0.15, -0.1) is 6.58 Å². The van der Waals surface area contributed by atoms with Gasteiger partial charge in [-0.2, -0.15) is 0 Å². The fourth-order valence-electron chi connectivity index (χ4n) is 8.17. The maximum atomic E-state index is 14.6. The minimum absolute atomic E-state index is 0.0620. The molecule has 1 aromatic rings. The number of nitrogens with zero attached hydrogens (tertiary/aromatic N) is 3. The lowest BCUT2D eigenvalue weighted by Crippen LogP contribution is -2.61. The monoisotopic (exact) mass is 750 g/mol. The number of sulfonamides is 1. The minimum atomic E-state index is -3.90. The number of fused-ring (bicyclic) bond motifs is 5. The minimum Gasteiger partial charge on any atom is -0.444 e. The Labute approximate surface area is 310 Å². The Kier molecular flexibility index (Phi) is 9.61. The lowest BCUT2D eigenvalue weighted by Gasteiger charge is -2.36. The molecule has 0 radical (unpaired) electrons. The molecule has 7 rings (SSSR count). The first-order valence-corrected chi connectivity index (χ1v) is 20.2. The van der Waals surface area contributed by atoms with Crippen molar-refractivity contribution in [2.24, 2.45) is 17.3 Å². The standard InChI is InChI=1S/C38H50N6O8S/c1-5-26-18-38(26,34(47)41-53(50,51)28-13-14-28)40-32(45)30-17-27-21-44(30)33(46)31(37(2,3)4)39-35(48)42-16-15-23(19-42)9-6-7-10-24-11-8-12-25-20-43(22-29(24)25)36(49)52-27/h5,7-8,10-12,23,26-28,30-31H,1,6,9,13-22H2,2-4H3,(H,39,48)(H,40,45)(H,41,47)/b10-7+/t23-,26?,27-,30+,31-,38-/m1/s1. The number of amides is 6. The number of benzene rings is 1. The summed E-state index contributed by atoms with van der Waals surface area (Å²) in [6.45, 7) is 11.0. The summed E-state index contributed by atoms with van der Waals surface area (Å²) < 4.78 is 33.5. The van der Waals surface area contributed by atoms with E-state index in [1.54, 1.807) is 9.80 Å². The topological polar surface area (TPSA) is 175 Å². The molecule has 6 amide bonds. The van der Waals surface area contributed by atoms with E-state index in [-0.39, 0.29) is 25.4 Å². The second kappa shape index (κ2) is 13.8. The van der Waals surface area contributed by atoms with E-state index in [1.165, 1.54) is 11.0 Å². The van der Waals surface area contributed by atoms with E-state index in [1.807, 2.05) is 39.0 Å². The van der Waals surface area contributed by atoms with Crippen LogP contribution in [-0.4, -0.2) is 102 Å². The Balaban J connectivity index is 1.17. The van der Waals surface area contributed by atoms with Crippen molar-refractivity contribution >= 4 is 45.9 Å². The summed E-state index contributed by atoms with van der Waals surface area (Å²) in [7, 11) is -3.90. The molecule has 15 heteroatoms. The molecule has 4 aliphatic heterocycles. The molecule has 14 nitrogen and oxygen atoms in total. The van der Waals surface area contributed by atoms with Gasteiger partial charge in [-0.05, 0) is 66.5 Å². The molecular weight excluding hydrogens is 701 g/mol. The number of allylic oxidation sites excluding steroid dienone is 1. The van der Waals surface area contributed by atoms with Crippen LogP contribution in [0.25, 0.3) is 6.08 Å². The van der Waals surface area contributed by atoms with Gasteiger partial charge in [-0.25, -0.2) is 18.0 Å². The SMILES string of the molecule is C=CC1C[C@]1(NC(=O)[C@@H]1C[C@@H]2CN1C(=O)[C@H](C(C)(C)C)NC(=O)N1CC[C@@H](CC/C=C/c3cccc4c3CN(C4)C(=O)O2)C1)C(=O)NS(=O)(=O)C1CC1. The summed E-state index contributed by atoms with van der Waals surface area (Å²) in [6.07, 6.45) is 7.85. The zero-order valence-corrected chi connectivity index (χ0v) is 31.5. The average molecular weight is 751 g/mol. The largest absolute Gasteiger partial charge is 0.444 e. The molecule has 0 spiro atoms. The van der Waals surface area contributed by atoms with Crippen LogP contribution in [0.15, 0.2) is 36.9 Å². The molecule has 6 aliphatic rings. The van der Waals surface area contributed by atoms with Crippen molar-refractivity contribution < 1.29 is 37.1 Å². The molecule has 2 saturated heterocycles. The number of urea groups is 1. The molecule has 2 aliphatic carbocycles. The maximum absolute atomic E-state index is 14.6. The molecule has 53 heavy (non-hydrogen) atoms. The van der Waals surface area contributed by atoms with Crippen LogP contribution in [0, 0.1) is 17.3 Å². The summed E-state index contributed by atoms with van der Waals surface area (Å²) in [5.41, 5.74) is 0.758. The van der Waals surface area contributed by atoms with Crippen molar-refractivity contribution in [3.05, 3.63) is 53.6 Å². The number of ether oxygens (including phenoxy) is 1. The van der Waals surface area contributed by atoms with Crippen LogP contribution in [0.2, 0.25) is 0 Å². The van der Waals surface area contributed by atoms with Gasteiger partial charge in [-0.3, -0.25) is 24.0 Å². The van der Waals surface area contributed by atoms with Crippen LogP contribution in [-0.2, 0) is 42.2 Å². The highest BCUT2D eigenvalue weighted by molar-refractivity contribution is 7.91. The van der Waals surface area contributed by atoms with E-state index in [0.717, 1.165) is 36.0 Å². The Hall–Kier alpha value is -4.40. The first kappa shape index (κ1) is 36.9. The molecule has 1 aromatic carbocycles. The van der Waals surface area contributed by atoms with Crippen molar-refractivity contribution in [2.75, 3.05) is 19.6 Å². The first-order chi connectivity index (χ1) is 25.1. The second-order valence-electron chi connectivity index (χ2n) is 16.6. The summed E-state index contributed by atoms with van der Waals surface area (Å²) in [5, 5.41) is 5.09. The third kappa shape index (κ3) is 7.41. The quantitative estimate of drug-likeness (QED) is 0.372. The smallest absolute Gasteiger partial charge is 0.410 e. The highest BCUT2D eigenvalue weighted by atomic mass is 32.2. The number of hydrogen-bond acceptors (Lipinski definition) is 8. The van der Waals surface area contributed by atoms with Gasteiger partial charge in [0, 0.05) is 32.0 Å². The fraction of sp³-hybridized carbons (Fsp3) is 0.605. The second-order valence-corrected chi connectivity index (χ2v) is 18.6. The zero-order chi connectivity index (χ0) is 37.9. The normalized spacial score (nSPS) is 31.0. The fourth-order valence-corrected chi connectivity index (χ4v) is 9.53. The van der Waals surface area contributed by atoms with E-state index in [4.69, 9.17) is 4.74 Å². The zero-order valence-electron chi connectivity index (χ0n) is 30.6. The molecule has 6 atom stereocenters. The number of nitrogens with one attached hydrogen (secondary N) is 3. The van der Waals surface area contributed by atoms with Gasteiger partial charge in [-0.1, -0.05) is 57.2 Å². The number of carbonyl (C=O) groups is 5. The van der Waals surface area contributed by atoms with Gasteiger partial charge in [0.05, 0.1) is 18.3 Å². The average Bonchev–Trinajstić information content (AvgIpc) is 3.91. The van der Waals surface area contributed by atoms with Crippen LogP contribution in [0.1, 0.15) is 82.4 Å². The van der Waals surface area contributed by atoms with Crippen molar-refractivity contribution in [1.29, 1.82) is 0 Å². The van der Waals surface area contributed by atoms with Crippen LogP contribution >= 0.6 is 0 Å². The van der Waals surface area contributed by atoms with E-state index in [0.29, 0.717) is 44.9 Å². The van der Waals surface area contributed by atoms with Gasteiger partial charge in [0.25, 0.3) is 5.91 Å². The van der Waals surface area contributed by atoms with Gasteiger partial charge < -0.3 is 25.2 Å². The Morgan fingerprint density at radius 2 is 1.83 bits per heavy atom. The molecule has 6 bridgehead atoms. The number of hydrogen-bond donors (Lipinski definition) is 3. The molecule has 0 aromatic heterocycles.